The summed E-state index contributed by atoms with van der Waals surface area (Å²) in [7, 11) is 0. The van der Waals surface area contributed by atoms with Gasteiger partial charge in [0.2, 0.25) is 0 Å². The van der Waals surface area contributed by atoms with Gasteiger partial charge in [-0.05, 0) is 27.7 Å². The fraction of sp³-hybridized carbons (Fsp3) is 0.583. The molecule has 1 aromatic rings. The first-order valence-electron chi connectivity index (χ1n) is 5.80. The Morgan fingerprint density at radius 2 is 2.11 bits per heavy atom. The predicted molar refractivity (Wildman–Crippen MR) is 67.9 cm³/mol. The van der Waals surface area contributed by atoms with Crippen LogP contribution < -0.4 is 11.1 Å². The molecule has 0 bridgehead atoms. The minimum absolute atomic E-state index is 0.233. The van der Waals surface area contributed by atoms with Gasteiger partial charge in [0.25, 0.3) is 0 Å². The number of rotatable bonds is 3. The predicted octanol–water partition coefficient (Wildman–Crippen LogP) is 1.31. The number of aryl methyl sites for hydroxylation is 1. The van der Waals surface area contributed by atoms with Crippen molar-refractivity contribution in [2.45, 2.75) is 39.3 Å². The lowest BCUT2D eigenvalue weighted by molar-refractivity contribution is 0.0504. The third kappa shape index (κ3) is 4.67. The lowest BCUT2D eigenvalue weighted by Crippen LogP contribution is -2.38. The zero-order valence-corrected chi connectivity index (χ0v) is 11.2. The molecule has 100 valence electrons. The number of aromatic nitrogens is 2. The molecule has 0 aliphatic rings. The van der Waals surface area contributed by atoms with Gasteiger partial charge in [0.05, 0.1) is 23.6 Å². The van der Waals surface area contributed by atoms with Gasteiger partial charge in [-0.15, -0.1) is 0 Å². The van der Waals surface area contributed by atoms with E-state index in [9.17, 15) is 4.79 Å². The molecule has 0 spiro atoms. The number of hydrogen-bond donors (Lipinski definition) is 2. The lowest BCUT2D eigenvalue weighted by atomic mass is 10.2. The summed E-state index contributed by atoms with van der Waals surface area (Å²) in [6.45, 7) is 7.48. The van der Waals surface area contributed by atoms with Crippen molar-refractivity contribution < 1.29 is 9.53 Å². The molecule has 0 saturated heterocycles. The molecular formula is C12H20N4O2. The van der Waals surface area contributed by atoms with Crippen LogP contribution in [0.1, 0.15) is 38.2 Å². The number of ether oxygens (including phenoxy) is 1. The van der Waals surface area contributed by atoms with E-state index >= 15 is 0 Å². The van der Waals surface area contributed by atoms with Crippen molar-refractivity contribution in [1.29, 1.82) is 0 Å². The quantitative estimate of drug-likeness (QED) is 0.846. The van der Waals surface area contributed by atoms with E-state index < -0.39 is 17.7 Å². The molecule has 1 amide bonds. The lowest BCUT2D eigenvalue weighted by Gasteiger charge is -2.22. The van der Waals surface area contributed by atoms with Gasteiger partial charge < -0.3 is 15.8 Å². The summed E-state index contributed by atoms with van der Waals surface area (Å²) >= 11 is 0. The molecule has 0 aliphatic carbocycles. The number of amides is 1. The molecule has 0 aliphatic heterocycles. The topological polar surface area (TPSA) is 90.1 Å². The third-order valence-corrected chi connectivity index (χ3v) is 2.08. The van der Waals surface area contributed by atoms with Crippen LogP contribution in [0.5, 0.6) is 0 Å². The minimum atomic E-state index is -0.539. The number of alkyl carbamates (subject to hydrolysis) is 1. The highest BCUT2D eigenvalue weighted by molar-refractivity contribution is 5.68. The van der Waals surface area contributed by atoms with Gasteiger partial charge in [0.15, 0.2) is 0 Å². The summed E-state index contributed by atoms with van der Waals surface area (Å²) in [5, 5.41) is 2.67. The van der Waals surface area contributed by atoms with Gasteiger partial charge in [-0.1, -0.05) is 0 Å². The van der Waals surface area contributed by atoms with Crippen LogP contribution in [0, 0.1) is 6.92 Å². The van der Waals surface area contributed by atoms with Crippen LogP contribution in [-0.2, 0) is 4.74 Å². The van der Waals surface area contributed by atoms with E-state index in [0.29, 0.717) is 5.69 Å². The molecule has 0 saturated carbocycles. The average molecular weight is 252 g/mol. The zero-order chi connectivity index (χ0) is 13.8. The fourth-order valence-corrected chi connectivity index (χ4v) is 1.29. The Morgan fingerprint density at radius 3 is 2.56 bits per heavy atom. The zero-order valence-electron chi connectivity index (χ0n) is 11.2. The average Bonchev–Trinajstić information content (AvgIpc) is 2.25. The normalized spacial score (nSPS) is 12.9. The molecule has 18 heavy (non-hydrogen) atoms. The van der Waals surface area contributed by atoms with Crippen LogP contribution in [0.25, 0.3) is 0 Å². The van der Waals surface area contributed by atoms with Crippen LogP contribution in [0.15, 0.2) is 12.4 Å². The molecule has 1 heterocycles. The third-order valence-electron chi connectivity index (χ3n) is 2.08. The van der Waals surface area contributed by atoms with Crippen molar-refractivity contribution >= 4 is 6.09 Å². The first kappa shape index (κ1) is 14.4. The SMILES string of the molecule is Cc1cnc(C(CN)NC(=O)OC(C)(C)C)cn1. The van der Waals surface area contributed by atoms with Crippen molar-refractivity contribution in [1.82, 2.24) is 15.3 Å². The van der Waals surface area contributed by atoms with Crippen molar-refractivity contribution in [2.75, 3.05) is 6.54 Å². The molecule has 1 aromatic heterocycles. The first-order valence-corrected chi connectivity index (χ1v) is 5.80. The number of carbonyl (C=O) groups excluding carboxylic acids is 1. The highest BCUT2D eigenvalue weighted by Crippen LogP contribution is 2.11. The number of nitrogens with one attached hydrogen (secondary N) is 1. The smallest absolute Gasteiger partial charge is 0.408 e. The number of nitrogens with two attached hydrogens (primary N) is 1. The summed E-state index contributed by atoms with van der Waals surface area (Å²) in [5.74, 6) is 0. The van der Waals surface area contributed by atoms with Gasteiger partial charge >= 0.3 is 6.09 Å². The standard InChI is InChI=1S/C12H20N4O2/c1-8-6-15-10(7-14-8)9(5-13)16-11(17)18-12(2,3)4/h6-7,9H,5,13H2,1-4H3,(H,16,17). The van der Waals surface area contributed by atoms with Gasteiger partial charge in [-0.3, -0.25) is 9.97 Å². The van der Waals surface area contributed by atoms with Crippen LogP contribution in [0.4, 0.5) is 4.79 Å². The van der Waals surface area contributed by atoms with E-state index in [1.165, 1.54) is 0 Å². The van der Waals surface area contributed by atoms with Crippen molar-refractivity contribution in [3.05, 3.63) is 23.8 Å². The Morgan fingerprint density at radius 1 is 1.44 bits per heavy atom. The van der Waals surface area contributed by atoms with Crippen LogP contribution in [-0.4, -0.2) is 28.2 Å². The first-order chi connectivity index (χ1) is 8.31. The van der Waals surface area contributed by atoms with Crippen molar-refractivity contribution in [3.8, 4) is 0 Å². The van der Waals surface area contributed by atoms with Crippen LogP contribution >= 0.6 is 0 Å². The number of hydrogen-bond acceptors (Lipinski definition) is 5. The molecule has 0 fully saturated rings. The molecular weight excluding hydrogens is 232 g/mol. The molecule has 1 rings (SSSR count). The number of nitrogens with zero attached hydrogens (tertiary/aromatic N) is 2. The highest BCUT2D eigenvalue weighted by atomic mass is 16.6. The Kier molecular flexibility index (Phi) is 4.61. The maximum absolute atomic E-state index is 11.6. The number of carbonyl (C=O) groups is 1. The second kappa shape index (κ2) is 5.77. The highest BCUT2D eigenvalue weighted by Gasteiger charge is 2.20. The van der Waals surface area contributed by atoms with Gasteiger partial charge in [0, 0.05) is 12.7 Å². The van der Waals surface area contributed by atoms with Crippen molar-refractivity contribution in [2.24, 2.45) is 5.73 Å². The maximum Gasteiger partial charge on any atom is 0.408 e. The molecule has 1 atom stereocenters. The molecule has 1 unspecified atom stereocenters. The molecule has 0 radical (unpaired) electrons. The van der Waals surface area contributed by atoms with Crippen molar-refractivity contribution in [3.63, 3.8) is 0 Å². The molecule has 6 heteroatoms. The van der Waals surface area contributed by atoms with Gasteiger partial charge in [0.1, 0.15) is 5.60 Å². The van der Waals surface area contributed by atoms with E-state index in [2.05, 4.69) is 15.3 Å². The second-order valence-corrected chi connectivity index (χ2v) is 5.02. The van der Waals surface area contributed by atoms with E-state index in [4.69, 9.17) is 10.5 Å². The summed E-state index contributed by atoms with van der Waals surface area (Å²) in [4.78, 5) is 19.9. The van der Waals surface area contributed by atoms with E-state index in [1.807, 2.05) is 6.92 Å². The largest absolute Gasteiger partial charge is 0.444 e. The Labute approximate surface area is 107 Å². The van der Waals surface area contributed by atoms with E-state index in [-0.39, 0.29) is 6.54 Å². The maximum atomic E-state index is 11.6. The summed E-state index contributed by atoms with van der Waals surface area (Å²) in [6.07, 6.45) is 2.72. The van der Waals surface area contributed by atoms with E-state index in [1.54, 1.807) is 33.2 Å². The Bertz CT molecular complexity index is 398. The fourth-order valence-electron chi connectivity index (χ4n) is 1.29. The van der Waals surface area contributed by atoms with Gasteiger partial charge in [-0.2, -0.15) is 0 Å². The van der Waals surface area contributed by atoms with Crippen LogP contribution in [0.3, 0.4) is 0 Å². The monoisotopic (exact) mass is 252 g/mol. The Balaban J connectivity index is 2.68. The minimum Gasteiger partial charge on any atom is -0.444 e. The molecule has 6 nitrogen and oxygen atoms in total. The summed E-state index contributed by atoms with van der Waals surface area (Å²) < 4.78 is 5.16. The summed E-state index contributed by atoms with van der Waals surface area (Å²) in [5.41, 5.74) is 6.51. The molecule has 3 N–H and O–H groups in total. The summed E-state index contributed by atoms with van der Waals surface area (Å²) in [6, 6.07) is -0.395. The van der Waals surface area contributed by atoms with Crippen LogP contribution in [0.2, 0.25) is 0 Å². The second-order valence-electron chi connectivity index (χ2n) is 5.02. The van der Waals surface area contributed by atoms with E-state index in [0.717, 1.165) is 5.69 Å². The van der Waals surface area contributed by atoms with Gasteiger partial charge in [-0.25, -0.2) is 4.79 Å². The molecule has 0 aromatic carbocycles. The Hall–Kier alpha value is -1.69.